The predicted octanol–water partition coefficient (Wildman–Crippen LogP) is 2.23. The highest BCUT2D eigenvalue weighted by atomic mass is 79.9. The molecule has 2 rings (SSSR count). The molecular weight excluding hydrogens is 386 g/mol. The summed E-state index contributed by atoms with van der Waals surface area (Å²) in [5.74, 6) is -1.21. The fourth-order valence-electron chi connectivity index (χ4n) is 2.23. The Hall–Kier alpha value is -2.67. The van der Waals surface area contributed by atoms with Gasteiger partial charge < -0.3 is 16.4 Å². The average Bonchev–Trinajstić information content (AvgIpc) is 2.56. The Labute approximate surface area is 153 Å². The number of carbonyl (C=O) groups excluding carboxylic acids is 3. The second-order valence-corrected chi connectivity index (χ2v) is 6.43. The molecule has 25 heavy (non-hydrogen) atoms. The van der Waals surface area contributed by atoms with Gasteiger partial charge in [0, 0.05) is 29.1 Å². The normalized spacial score (nSPS) is 11.4. The molecule has 0 bridgehead atoms. The van der Waals surface area contributed by atoms with Crippen LogP contribution in [0.1, 0.15) is 22.8 Å². The van der Waals surface area contributed by atoms with E-state index < -0.39 is 17.9 Å². The summed E-state index contributed by atoms with van der Waals surface area (Å²) < 4.78 is 0.926. The maximum absolute atomic E-state index is 12.3. The molecule has 130 valence electrons. The first-order valence-electron chi connectivity index (χ1n) is 7.57. The summed E-state index contributed by atoms with van der Waals surface area (Å²) in [5.41, 5.74) is 7.25. The first kappa shape index (κ1) is 18.7. The fraction of sp³-hybridized carbons (Fsp3) is 0.167. The van der Waals surface area contributed by atoms with Crippen LogP contribution in [0.2, 0.25) is 0 Å². The molecule has 1 atom stereocenters. The molecule has 0 saturated heterocycles. The number of primary amides is 1. The Morgan fingerprint density at radius 1 is 1.04 bits per heavy atom. The second-order valence-electron chi connectivity index (χ2n) is 5.52. The Balaban J connectivity index is 2.05. The molecule has 0 unspecified atom stereocenters. The smallest absolute Gasteiger partial charge is 0.251 e. The van der Waals surface area contributed by atoms with Crippen LogP contribution < -0.4 is 16.4 Å². The Morgan fingerprint density at radius 2 is 1.64 bits per heavy atom. The van der Waals surface area contributed by atoms with Crippen LogP contribution >= 0.6 is 15.9 Å². The van der Waals surface area contributed by atoms with Crippen LogP contribution in [0.5, 0.6) is 0 Å². The lowest BCUT2D eigenvalue weighted by atomic mass is 10.0. The van der Waals surface area contributed by atoms with Crippen molar-refractivity contribution in [1.29, 1.82) is 0 Å². The maximum atomic E-state index is 12.3. The molecule has 2 aromatic rings. The lowest BCUT2D eigenvalue weighted by Gasteiger charge is -2.16. The van der Waals surface area contributed by atoms with Gasteiger partial charge in [-0.3, -0.25) is 14.4 Å². The summed E-state index contributed by atoms with van der Waals surface area (Å²) in [5, 5.41) is 5.26. The minimum absolute atomic E-state index is 0.194. The molecule has 0 aliphatic rings. The largest absolute Gasteiger partial charge is 0.368 e. The number of hydrogen-bond donors (Lipinski definition) is 3. The minimum atomic E-state index is -0.816. The second kappa shape index (κ2) is 8.43. The number of anilines is 1. The number of nitrogens with two attached hydrogens (primary N) is 1. The van der Waals surface area contributed by atoms with Crippen molar-refractivity contribution < 1.29 is 14.4 Å². The first-order chi connectivity index (χ1) is 11.8. The predicted molar refractivity (Wildman–Crippen MR) is 99.0 cm³/mol. The van der Waals surface area contributed by atoms with E-state index in [2.05, 4.69) is 26.6 Å². The number of rotatable bonds is 6. The molecule has 0 saturated carbocycles. The van der Waals surface area contributed by atoms with Crippen LogP contribution in [-0.4, -0.2) is 23.8 Å². The van der Waals surface area contributed by atoms with Crippen LogP contribution in [-0.2, 0) is 16.0 Å². The number of benzene rings is 2. The van der Waals surface area contributed by atoms with Crippen LogP contribution in [0.25, 0.3) is 0 Å². The maximum Gasteiger partial charge on any atom is 0.251 e. The molecule has 4 N–H and O–H groups in total. The van der Waals surface area contributed by atoms with E-state index in [1.807, 2.05) is 24.3 Å². The monoisotopic (exact) mass is 403 g/mol. The molecule has 0 spiro atoms. The van der Waals surface area contributed by atoms with Crippen molar-refractivity contribution in [3.8, 4) is 0 Å². The molecule has 3 amide bonds. The van der Waals surface area contributed by atoms with Gasteiger partial charge in [0.25, 0.3) is 5.91 Å². The molecule has 0 radical (unpaired) electrons. The Bertz CT molecular complexity index is 773. The van der Waals surface area contributed by atoms with Gasteiger partial charge >= 0.3 is 0 Å². The number of hydrogen-bond acceptors (Lipinski definition) is 3. The van der Waals surface area contributed by atoms with E-state index in [4.69, 9.17) is 5.73 Å². The van der Waals surface area contributed by atoms with Gasteiger partial charge in [-0.2, -0.15) is 0 Å². The van der Waals surface area contributed by atoms with E-state index >= 15 is 0 Å². The lowest BCUT2D eigenvalue weighted by Crippen LogP contribution is -2.45. The zero-order valence-corrected chi connectivity index (χ0v) is 15.2. The van der Waals surface area contributed by atoms with E-state index in [1.54, 1.807) is 24.3 Å². The van der Waals surface area contributed by atoms with Crippen molar-refractivity contribution in [1.82, 2.24) is 5.32 Å². The van der Waals surface area contributed by atoms with Crippen LogP contribution in [0.3, 0.4) is 0 Å². The molecule has 0 aliphatic heterocycles. The van der Waals surface area contributed by atoms with Gasteiger partial charge in [0.2, 0.25) is 11.8 Å². The summed E-state index contributed by atoms with van der Waals surface area (Å²) >= 11 is 3.34. The molecule has 2 aromatic carbocycles. The number of halogens is 1. The minimum Gasteiger partial charge on any atom is -0.368 e. The third kappa shape index (κ3) is 5.72. The van der Waals surface area contributed by atoms with E-state index in [0.717, 1.165) is 10.0 Å². The van der Waals surface area contributed by atoms with Crippen LogP contribution in [0.15, 0.2) is 53.0 Å². The van der Waals surface area contributed by atoms with E-state index in [9.17, 15) is 14.4 Å². The summed E-state index contributed by atoms with van der Waals surface area (Å²) in [6, 6.07) is 13.0. The first-order valence-corrected chi connectivity index (χ1v) is 8.36. The van der Waals surface area contributed by atoms with Crippen molar-refractivity contribution in [3.05, 3.63) is 64.1 Å². The quantitative estimate of drug-likeness (QED) is 0.688. The van der Waals surface area contributed by atoms with Gasteiger partial charge in [-0.1, -0.05) is 28.1 Å². The molecular formula is C18H18BrN3O3. The van der Waals surface area contributed by atoms with Gasteiger partial charge in [0.05, 0.1) is 0 Å². The zero-order chi connectivity index (χ0) is 18.4. The SMILES string of the molecule is CC(=O)Nc1ccc(C(=O)N[C@H](Cc2ccc(Br)cc2)C(N)=O)cc1. The van der Waals surface area contributed by atoms with Crippen molar-refractivity contribution >= 4 is 39.3 Å². The molecule has 0 fully saturated rings. The Kier molecular flexibility index (Phi) is 6.30. The van der Waals surface area contributed by atoms with E-state index in [-0.39, 0.29) is 5.91 Å². The van der Waals surface area contributed by atoms with E-state index in [1.165, 1.54) is 6.92 Å². The highest BCUT2D eigenvalue weighted by Gasteiger charge is 2.19. The van der Waals surface area contributed by atoms with Crippen molar-refractivity contribution in [2.24, 2.45) is 5.73 Å². The third-order valence-corrected chi connectivity index (χ3v) is 4.00. The lowest BCUT2D eigenvalue weighted by molar-refractivity contribution is -0.119. The number of carbonyl (C=O) groups is 3. The number of amides is 3. The molecule has 0 aliphatic carbocycles. The number of nitrogens with one attached hydrogen (secondary N) is 2. The van der Waals surface area contributed by atoms with Gasteiger partial charge in [-0.25, -0.2) is 0 Å². The van der Waals surface area contributed by atoms with Gasteiger partial charge in [0.1, 0.15) is 6.04 Å². The van der Waals surface area contributed by atoms with Crippen LogP contribution in [0.4, 0.5) is 5.69 Å². The van der Waals surface area contributed by atoms with E-state index in [0.29, 0.717) is 17.7 Å². The molecule has 6 nitrogen and oxygen atoms in total. The van der Waals surface area contributed by atoms with Gasteiger partial charge in [0.15, 0.2) is 0 Å². The third-order valence-electron chi connectivity index (χ3n) is 3.47. The summed E-state index contributed by atoms with van der Waals surface area (Å²) in [6.07, 6.45) is 0.304. The van der Waals surface area contributed by atoms with Gasteiger partial charge in [-0.05, 0) is 42.0 Å². The molecule has 0 aromatic heterocycles. The zero-order valence-electron chi connectivity index (χ0n) is 13.6. The summed E-state index contributed by atoms with van der Waals surface area (Å²) in [7, 11) is 0. The van der Waals surface area contributed by atoms with Crippen molar-refractivity contribution in [3.63, 3.8) is 0 Å². The standard InChI is InChI=1S/C18H18BrN3O3/c1-11(23)21-15-8-4-13(5-9-15)18(25)22-16(17(20)24)10-12-2-6-14(19)7-3-12/h2-9,16H,10H2,1H3,(H2,20,24)(H,21,23)(H,22,25)/t16-/m1/s1. The highest BCUT2D eigenvalue weighted by molar-refractivity contribution is 9.10. The summed E-state index contributed by atoms with van der Waals surface area (Å²) in [6.45, 7) is 1.40. The highest BCUT2D eigenvalue weighted by Crippen LogP contribution is 2.13. The molecule has 7 heteroatoms. The van der Waals surface area contributed by atoms with Crippen LogP contribution in [0, 0.1) is 0 Å². The van der Waals surface area contributed by atoms with Gasteiger partial charge in [-0.15, -0.1) is 0 Å². The molecule has 0 heterocycles. The van der Waals surface area contributed by atoms with Crippen molar-refractivity contribution in [2.45, 2.75) is 19.4 Å². The average molecular weight is 404 g/mol. The van der Waals surface area contributed by atoms with Crippen molar-refractivity contribution in [2.75, 3.05) is 5.32 Å². The topological polar surface area (TPSA) is 101 Å². The summed E-state index contributed by atoms with van der Waals surface area (Å²) in [4.78, 5) is 35.0. The Morgan fingerprint density at radius 3 is 2.16 bits per heavy atom. The fourth-order valence-corrected chi connectivity index (χ4v) is 2.49.